The van der Waals surface area contributed by atoms with E-state index in [4.69, 9.17) is 6.57 Å². The molecule has 4 aromatic rings. The fraction of sp³-hybridized carbons (Fsp3) is 0.250. The fourth-order valence-corrected chi connectivity index (χ4v) is 5.11. The number of aliphatic hydroxyl groups excluding tert-OH is 1. The quantitative estimate of drug-likeness (QED) is 0.320. The molecule has 0 saturated heterocycles. The predicted octanol–water partition coefficient (Wildman–Crippen LogP) is 4.45. The van der Waals surface area contributed by atoms with Crippen molar-refractivity contribution in [2.45, 2.75) is 37.8 Å². The topological polar surface area (TPSA) is 106 Å². The van der Waals surface area contributed by atoms with Gasteiger partial charge in [-0.3, -0.25) is 9.78 Å². The second-order valence-corrected chi connectivity index (χ2v) is 10.9. The fourth-order valence-electron chi connectivity index (χ4n) is 4.29. The normalized spacial score (nSPS) is 12.3. The van der Waals surface area contributed by atoms with Gasteiger partial charge in [0.2, 0.25) is 0 Å². The second-order valence-electron chi connectivity index (χ2n) is 8.64. The standard InChI is InChI=1S/C28H28N4O4S/c1-4-32-23(14-19-6-9-22(29-3)10-7-19)16-21-15-20(8-13-27(21)32)28(34)31-26(18-33)25-12-11-24(17-30-25)37(35,36)5-2/h6-13,15-17,26,33H,4-5,14,18H2,1-2H3,(H,31,34)/t26-/m0/s1. The van der Waals surface area contributed by atoms with Crippen molar-refractivity contribution in [1.82, 2.24) is 14.9 Å². The number of hydrogen-bond acceptors (Lipinski definition) is 5. The highest BCUT2D eigenvalue weighted by Crippen LogP contribution is 2.25. The molecule has 4 rings (SSSR count). The van der Waals surface area contributed by atoms with Crippen LogP contribution in [0.1, 0.15) is 47.2 Å². The molecule has 37 heavy (non-hydrogen) atoms. The lowest BCUT2D eigenvalue weighted by atomic mass is 10.1. The lowest BCUT2D eigenvalue weighted by Gasteiger charge is -2.16. The number of aryl methyl sites for hydroxylation is 1. The molecule has 0 spiro atoms. The number of benzene rings is 2. The zero-order valence-corrected chi connectivity index (χ0v) is 21.5. The van der Waals surface area contributed by atoms with Crippen LogP contribution < -0.4 is 5.32 Å². The van der Waals surface area contributed by atoms with Gasteiger partial charge in [0.15, 0.2) is 15.5 Å². The van der Waals surface area contributed by atoms with Crippen molar-refractivity contribution in [2.75, 3.05) is 12.4 Å². The van der Waals surface area contributed by atoms with Gasteiger partial charge in [-0.2, -0.15) is 0 Å². The van der Waals surface area contributed by atoms with Gasteiger partial charge < -0.3 is 15.0 Å². The zero-order chi connectivity index (χ0) is 26.6. The number of aromatic nitrogens is 2. The van der Waals surface area contributed by atoms with E-state index in [1.807, 2.05) is 36.4 Å². The Hall–Kier alpha value is -4.00. The van der Waals surface area contributed by atoms with Crippen molar-refractivity contribution >= 4 is 32.3 Å². The number of carbonyl (C=O) groups is 1. The minimum absolute atomic E-state index is 0.0351. The summed E-state index contributed by atoms with van der Waals surface area (Å²) in [5.41, 5.74) is 4.63. The highest BCUT2D eigenvalue weighted by atomic mass is 32.2. The van der Waals surface area contributed by atoms with Gasteiger partial charge in [0.05, 0.1) is 35.6 Å². The molecular formula is C28H28N4O4S. The Morgan fingerprint density at radius 1 is 1.11 bits per heavy atom. The molecule has 0 unspecified atom stereocenters. The summed E-state index contributed by atoms with van der Waals surface area (Å²) >= 11 is 0. The number of rotatable bonds is 9. The first-order chi connectivity index (χ1) is 17.8. The second kappa shape index (κ2) is 10.9. The van der Waals surface area contributed by atoms with E-state index in [0.717, 1.165) is 28.7 Å². The molecule has 190 valence electrons. The maximum absolute atomic E-state index is 13.0. The number of hydrogen-bond donors (Lipinski definition) is 2. The van der Waals surface area contributed by atoms with Crippen LogP contribution in [0.5, 0.6) is 0 Å². The molecule has 0 aliphatic carbocycles. The number of aliphatic hydroxyl groups is 1. The minimum Gasteiger partial charge on any atom is -0.394 e. The number of nitrogens with one attached hydrogen (secondary N) is 1. The van der Waals surface area contributed by atoms with Crippen molar-refractivity contribution in [1.29, 1.82) is 0 Å². The molecule has 0 fully saturated rings. The maximum Gasteiger partial charge on any atom is 0.251 e. The molecule has 8 nitrogen and oxygen atoms in total. The number of amides is 1. The van der Waals surface area contributed by atoms with Gasteiger partial charge in [0.25, 0.3) is 5.91 Å². The van der Waals surface area contributed by atoms with E-state index in [-0.39, 0.29) is 23.2 Å². The Morgan fingerprint density at radius 2 is 1.86 bits per heavy atom. The molecule has 2 heterocycles. The van der Waals surface area contributed by atoms with E-state index in [0.29, 0.717) is 23.4 Å². The lowest BCUT2D eigenvalue weighted by molar-refractivity contribution is 0.0915. The summed E-state index contributed by atoms with van der Waals surface area (Å²) in [6.07, 6.45) is 1.95. The monoisotopic (exact) mass is 516 g/mol. The Labute approximate surface area is 216 Å². The van der Waals surface area contributed by atoms with Gasteiger partial charge in [-0.15, -0.1) is 0 Å². The highest BCUT2D eigenvalue weighted by molar-refractivity contribution is 7.91. The van der Waals surface area contributed by atoms with Crippen molar-refractivity contribution in [2.24, 2.45) is 0 Å². The van der Waals surface area contributed by atoms with Crippen molar-refractivity contribution in [3.8, 4) is 0 Å². The third-order valence-corrected chi connectivity index (χ3v) is 8.08. The smallest absolute Gasteiger partial charge is 0.251 e. The molecular weight excluding hydrogens is 488 g/mol. The van der Waals surface area contributed by atoms with Crippen LogP contribution in [0.2, 0.25) is 0 Å². The van der Waals surface area contributed by atoms with E-state index < -0.39 is 15.9 Å². The van der Waals surface area contributed by atoms with Crippen LogP contribution in [-0.4, -0.2) is 41.3 Å². The summed E-state index contributed by atoms with van der Waals surface area (Å²) in [5, 5.41) is 13.6. The number of fused-ring (bicyclic) bond motifs is 1. The summed E-state index contributed by atoms with van der Waals surface area (Å²) < 4.78 is 26.3. The third kappa shape index (κ3) is 5.56. The minimum atomic E-state index is -3.39. The van der Waals surface area contributed by atoms with E-state index >= 15 is 0 Å². The van der Waals surface area contributed by atoms with Crippen molar-refractivity contribution < 1.29 is 18.3 Å². The van der Waals surface area contributed by atoms with Gasteiger partial charge in [-0.1, -0.05) is 31.2 Å². The van der Waals surface area contributed by atoms with E-state index in [1.54, 1.807) is 13.0 Å². The van der Waals surface area contributed by atoms with Gasteiger partial charge >= 0.3 is 0 Å². The lowest BCUT2D eigenvalue weighted by Crippen LogP contribution is -2.31. The predicted molar refractivity (Wildman–Crippen MR) is 142 cm³/mol. The number of pyridine rings is 1. The molecule has 2 aromatic heterocycles. The molecule has 2 aromatic carbocycles. The molecule has 9 heteroatoms. The first-order valence-electron chi connectivity index (χ1n) is 12.0. The zero-order valence-electron chi connectivity index (χ0n) is 20.7. The van der Waals surface area contributed by atoms with Crippen LogP contribution in [0.25, 0.3) is 15.7 Å². The van der Waals surface area contributed by atoms with Crippen molar-refractivity contribution in [3.05, 3.63) is 101 Å². The van der Waals surface area contributed by atoms with Crippen LogP contribution in [0.4, 0.5) is 5.69 Å². The van der Waals surface area contributed by atoms with Crippen molar-refractivity contribution in [3.63, 3.8) is 0 Å². The number of nitrogens with zero attached hydrogens (tertiary/aromatic N) is 3. The number of sulfone groups is 1. The summed E-state index contributed by atoms with van der Waals surface area (Å²) in [6.45, 7) is 11.1. The first kappa shape index (κ1) is 26.1. The van der Waals surface area contributed by atoms with Gasteiger partial charge in [0, 0.05) is 41.3 Å². The van der Waals surface area contributed by atoms with Gasteiger partial charge in [-0.05, 0) is 48.9 Å². The maximum atomic E-state index is 13.0. The van der Waals surface area contributed by atoms with Crippen LogP contribution in [0, 0.1) is 6.57 Å². The highest BCUT2D eigenvalue weighted by Gasteiger charge is 2.19. The summed E-state index contributed by atoms with van der Waals surface area (Å²) in [5.74, 6) is -0.402. The SMILES string of the molecule is [C-]#[N+]c1ccc(Cc2cc3cc(C(=O)N[C@@H](CO)c4ccc(S(=O)(=O)CC)cn4)ccc3n2CC)cc1. The van der Waals surface area contributed by atoms with Gasteiger partial charge in [-0.25, -0.2) is 13.3 Å². The van der Waals surface area contributed by atoms with E-state index in [9.17, 15) is 18.3 Å². The van der Waals surface area contributed by atoms with E-state index in [2.05, 4.69) is 32.7 Å². The molecule has 2 N–H and O–H groups in total. The summed E-state index contributed by atoms with van der Waals surface area (Å²) in [4.78, 5) is 20.7. The van der Waals surface area contributed by atoms with Crippen LogP contribution in [0.3, 0.4) is 0 Å². The molecule has 0 bridgehead atoms. The average molecular weight is 517 g/mol. The van der Waals surface area contributed by atoms with Crippen LogP contribution in [0.15, 0.2) is 71.8 Å². The van der Waals surface area contributed by atoms with Crippen LogP contribution in [-0.2, 0) is 22.8 Å². The molecule has 1 atom stereocenters. The summed E-state index contributed by atoms with van der Waals surface area (Å²) in [7, 11) is -3.39. The third-order valence-electron chi connectivity index (χ3n) is 6.36. The summed E-state index contributed by atoms with van der Waals surface area (Å²) in [6, 6.07) is 17.2. The largest absolute Gasteiger partial charge is 0.394 e. The first-order valence-corrected chi connectivity index (χ1v) is 13.6. The molecule has 0 radical (unpaired) electrons. The Bertz CT molecular complexity index is 1570. The number of carbonyl (C=O) groups excluding carboxylic acids is 1. The Morgan fingerprint density at radius 3 is 2.46 bits per heavy atom. The molecule has 0 aliphatic rings. The van der Waals surface area contributed by atoms with Crippen LogP contribution >= 0.6 is 0 Å². The molecule has 1 amide bonds. The average Bonchev–Trinajstić information content (AvgIpc) is 3.28. The Kier molecular flexibility index (Phi) is 7.71. The Balaban J connectivity index is 1.55. The molecule has 0 saturated carbocycles. The molecule has 0 aliphatic heterocycles. The van der Waals surface area contributed by atoms with Gasteiger partial charge in [0.1, 0.15) is 0 Å². The van der Waals surface area contributed by atoms with E-state index in [1.165, 1.54) is 18.3 Å².